The molecule has 0 spiro atoms. The Morgan fingerprint density at radius 1 is 1.30 bits per heavy atom. The van der Waals surface area contributed by atoms with Crippen LogP contribution < -0.4 is 0 Å². The van der Waals surface area contributed by atoms with Crippen molar-refractivity contribution in [1.82, 2.24) is 30.2 Å². The predicted molar refractivity (Wildman–Crippen MR) is 118 cm³/mol. The molecular weight excluding hydrogens is 420 g/mol. The van der Waals surface area contributed by atoms with E-state index in [4.69, 9.17) is 4.74 Å². The summed E-state index contributed by atoms with van der Waals surface area (Å²) in [6.07, 6.45) is 7.14. The van der Waals surface area contributed by atoms with Crippen molar-refractivity contribution in [1.29, 1.82) is 0 Å². The molecule has 2 aromatic rings. The van der Waals surface area contributed by atoms with Crippen LogP contribution in [0.15, 0.2) is 17.6 Å². The lowest BCUT2D eigenvalue weighted by Crippen LogP contribution is -2.27. The van der Waals surface area contributed by atoms with Crippen LogP contribution in [0.5, 0.6) is 0 Å². The minimum atomic E-state index is -1.20. The topological polar surface area (TPSA) is 116 Å². The molecule has 11 heteroatoms. The van der Waals surface area contributed by atoms with Crippen LogP contribution in [0.25, 0.3) is 0 Å². The van der Waals surface area contributed by atoms with Crippen LogP contribution >= 0.6 is 11.8 Å². The number of nitrogens with zero attached hydrogens (tertiary/aromatic N) is 6. The van der Waals surface area contributed by atoms with Crippen LogP contribution in [0.4, 0.5) is 0 Å². The van der Waals surface area contributed by atoms with Gasteiger partial charge in [0.15, 0.2) is 11.0 Å². The maximum atomic E-state index is 12.1. The molecule has 0 aliphatic heterocycles. The first kappa shape index (κ1) is 24.4. The lowest BCUT2D eigenvalue weighted by molar-refractivity contribution is -0.143. The van der Waals surface area contributed by atoms with Crippen LogP contribution in [-0.2, 0) is 22.7 Å². The highest BCUT2D eigenvalue weighted by Crippen LogP contribution is 2.31. The number of rotatable bonds is 13. The zero-order valence-electron chi connectivity index (χ0n) is 18.4. The molecule has 0 aliphatic carbocycles. The van der Waals surface area contributed by atoms with Crippen molar-refractivity contribution in [2.45, 2.75) is 69.7 Å². The molecule has 30 heavy (non-hydrogen) atoms. The number of thioether (sulfide) groups is 1. The average Bonchev–Trinajstić information content (AvgIpc) is 3.16. The highest BCUT2D eigenvalue weighted by molar-refractivity contribution is 7.98. The first-order valence-electron chi connectivity index (χ1n) is 10.2. The van der Waals surface area contributed by atoms with E-state index in [1.54, 1.807) is 17.1 Å². The molecule has 9 nitrogen and oxygen atoms in total. The minimum Gasteiger partial charge on any atom is -0.481 e. The molecule has 0 amide bonds. The van der Waals surface area contributed by atoms with Gasteiger partial charge in [-0.2, -0.15) is 0 Å². The minimum absolute atomic E-state index is 0.212. The molecule has 2 rings (SSSR count). The largest absolute Gasteiger partial charge is 0.481 e. The Morgan fingerprint density at radius 3 is 2.57 bits per heavy atom. The van der Waals surface area contributed by atoms with Crippen LogP contribution in [0, 0.1) is 5.92 Å². The fourth-order valence-electron chi connectivity index (χ4n) is 3.13. The molecule has 0 aromatic carbocycles. The fourth-order valence-corrected chi connectivity index (χ4v) is 4.20. The molecule has 0 radical (unpaired) electrons. The number of carboxylic acids is 1. The molecule has 2 heterocycles. The van der Waals surface area contributed by atoms with Crippen LogP contribution in [0.2, 0.25) is 25.7 Å². The van der Waals surface area contributed by atoms with E-state index in [1.165, 1.54) is 11.8 Å². The Morgan fingerprint density at radius 2 is 2.00 bits per heavy atom. The van der Waals surface area contributed by atoms with Gasteiger partial charge in [-0.3, -0.25) is 4.79 Å². The van der Waals surface area contributed by atoms with Crippen LogP contribution in [0.1, 0.15) is 37.1 Å². The lowest BCUT2D eigenvalue weighted by Gasteiger charge is -2.23. The van der Waals surface area contributed by atoms with Gasteiger partial charge in [0.25, 0.3) is 0 Å². The normalized spacial score (nSPS) is 13.9. The van der Waals surface area contributed by atoms with Gasteiger partial charge in [-0.15, -0.1) is 5.10 Å². The highest BCUT2D eigenvalue weighted by Gasteiger charge is 2.33. The van der Waals surface area contributed by atoms with E-state index in [0.717, 1.165) is 18.0 Å². The Kier molecular flexibility index (Phi) is 9.37. The number of carboxylic acid groups (broad SMARTS) is 1. The van der Waals surface area contributed by atoms with Crippen molar-refractivity contribution in [2.24, 2.45) is 5.92 Å². The zero-order valence-corrected chi connectivity index (χ0v) is 20.2. The number of carbonyl (C=O) groups is 1. The second kappa shape index (κ2) is 11.5. The number of tetrazole rings is 1. The molecule has 1 N–H and O–H groups in total. The first-order chi connectivity index (χ1) is 14.2. The Hall–Kier alpha value is -1.85. The summed E-state index contributed by atoms with van der Waals surface area (Å²) in [6.45, 7) is 9.71. The number of hydrogen-bond donors (Lipinski definition) is 1. The standard InChI is InChI=1S/C19H32N6O3SSi/c1-6-7-15(18(26)27)16(10-14-11-20-19(29-2)21-12-14)17-22-23-24-25(17)13-28-8-9-30(3,4)5/h11-12,15-16H,6-10,13H2,1-5H3,(H,26,27)/t15-,16-/m0/s1. The fraction of sp³-hybridized carbons (Fsp3) is 0.684. The van der Waals surface area contributed by atoms with Gasteiger partial charge in [0.1, 0.15) is 6.73 Å². The summed E-state index contributed by atoms with van der Waals surface area (Å²) in [5, 5.41) is 22.6. The van der Waals surface area contributed by atoms with Gasteiger partial charge in [-0.25, -0.2) is 14.6 Å². The molecule has 0 aliphatic rings. The summed E-state index contributed by atoms with van der Waals surface area (Å²) in [7, 11) is -1.20. The summed E-state index contributed by atoms with van der Waals surface area (Å²) in [4.78, 5) is 20.7. The Balaban J connectivity index is 2.23. The van der Waals surface area contributed by atoms with Gasteiger partial charge in [0.05, 0.1) is 5.92 Å². The maximum absolute atomic E-state index is 12.1. The number of hydrogen-bond acceptors (Lipinski definition) is 8. The summed E-state index contributed by atoms with van der Waals surface area (Å²) in [5.41, 5.74) is 0.856. The molecule has 2 aromatic heterocycles. The lowest BCUT2D eigenvalue weighted by atomic mass is 9.84. The molecule has 0 saturated heterocycles. The first-order valence-corrected chi connectivity index (χ1v) is 15.1. The van der Waals surface area contributed by atoms with E-state index in [9.17, 15) is 9.90 Å². The summed E-state index contributed by atoms with van der Waals surface area (Å²) >= 11 is 1.46. The molecular formula is C19H32N6O3SSi. The monoisotopic (exact) mass is 452 g/mol. The van der Waals surface area contributed by atoms with Gasteiger partial charge >= 0.3 is 5.97 Å². The van der Waals surface area contributed by atoms with Crippen LogP contribution in [0.3, 0.4) is 0 Å². The third-order valence-electron chi connectivity index (χ3n) is 4.82. The molecule has 0 unspecified atom stereocenters. The van der Waals surface area contributed by atoms with Crippen LogP contribution in [-0.4, -0.2) is 62.2 Å². The van der Waals surface area contributed by atoms with E-state index >= 15 is 0 Å². The summed E-state index contributed by atoms with van der Waals surface area (Å²) < 4.78 is 7.39. The molecule has 2 atom stereocenters. The molecule has 0 saturated carbocycles. The second-order valence-electron chi connectivity index (χ2n) is 8.51. The zero-order chi connectivity index (χ0) is 22.1. The van der Waals surface area contributed by atoms with Crippen molar-refractivity contribution in [3.8, 4) is 0 Å². The summed E-state index contributed by atoms with van der Waals surface area (Å²) in [6, 6.07) is 1.04. The summed E-state index contributed by atoms with van der Waals surface area (Å²) in [5.74, 6) is -1.33. The van der Waals surface area contributed by atoms with Gasteiger partial charge in [0.2, 0.25) is 0 Å². The van der Waals surface area contributed by atoms with E-state index in [2.05, 4.69) is 45.1 Å². The predicted octanol–water partition coefficient (Wildman–Crippen LogP) is 3.32. The van der Waals surface area contributed by atoms with Crippen molar-refractivity contribution in [3.63, 3.8) is 0 Å². The van der Waals surface area contributed by atoms with Crippen molar-refractivity contribution < 1.29 is 14.6 Å². The van der Waals surface area contributed by atoms with E-state index < -0.39 is 25.9 Å². The van der Waals surface area contributed by atoms with Gasteiger partial charge in [-0.05, 0) is 41.1 Å². The third kappa shape index (κ3) is 7.44. The quantitative estimate of drug-likeness (QED) is 0.211. The average molecular weight is 453 g/mol. The third-order valence-corrected chi connectivity index (χ3v) is 7.10. The molecule has 0 fully saturated rings. The number of ether oxygens (including phenoxy) is 1. The van der Waals surface area contributed by atoms with Gasteiger partial charge in [-0.1, -0.05) is 44.7 Å². The Labute approximate surface area is 183 Å². The van der Waals surface area contributed by atoms with Gasteiger partial charge in [0, 0.05) is 33.0 Å². The van der Waals surface area contributed by atoms with Crippen molar-refractivity contribution >= 4 is 25.8 Å². The van der Waals surface area contributed by atoms with Gasteiger partial charge < -0.3 is 9.84 Å². The molecule has 166 valence electrons. The second-order valence-corrected chi connectivity index (χ2v) is 14.9. The van der Waals surface area contributed by atoms with E-state index in [1.807, 2.05) is 13.2 Å². The van der Waals surface area contributed by atoms with E-state index in [0.29, 0.717) is 30.4 Å². The van der Waals surface area contributed by atoms with Crippen molar-refractivity contribution in [3.05, 3.63) is 23.8 Å². The van der Waals surface area contributed by atoms with E-state index in [-0.39, 0.29) is 6.73 Å². The number of aromatic nitrogens is 6. The number of aliphatic carboxylic acids is 1. The smallest absolute Gasteiger partial charge is 0.307 e. The Bertz CT molecular complexity index is 796. The van der Waals surface area contributed by atoms with Crippen molar-refractivity contribution in [2.75, 3.05) is 12.9 Å². The highest BCUT2D eigenvalue weighted by atomic mass is 32.2. The SMILES string of the molecule is CCC[C@H](C(=O)O)[C@H](Cc1cnc(SC)nc1)c1nnnn1COCC[Si](C)(C)C. The molecule has 0 bridgehead atoms. The maximum Gasteiger partial charge on any atom is 0.307 e.